The predicted octanol–water partition coefficient (Wildman–Crippen LogP) is 2.27. The predicted molar refractivity (Wildman–Crippen MR) is 43.7 cm³/mol. The third-order valence-corrected chi connectivity index (χ3v) is 1.72. The summed E-state index contributed by atoms with van der Waals surface area (Å²) in [5, 5.41) is 8.44. The number of hydrogen-bond acceptors (Lipinski definition) is 2. The van der Waals surface area contributed by atoms with E-state index in [4.69, 9.17) is 5.11 Å². The van der Waals surface area contributed by atoms with E-state index in [1.165, 1.54) is 0 Å². The molecule has 0 unspecified atom stereocenters. The molecule has 1 aromatic rings. The molecule has 0 aromatic heterocycles. The van der Waals surface area contributed by atoms with Crippen LogP contribution in [-0.4, -0.2) is 23.0 Å². The van der Waals surface area contributed by atoms with Gasteiger partial charge in [0.05, 0.1) is 5.56 Å². The van der Waals surface area contributed by atoms with Crippen molar-refractivity contribution in [3.05, 3.63) is 35.1 Å². The summed E-state index contributed by atoms with van der Waals surface area (Å²) in [6, 6.07) is 1.44. The van der Waals surface area contributed by atoms with Crippen LogP contribution in [0.3, 0.4) is 0 Å². The summed E-state index contributed by atoms with van der Waals surface area (Å²) in [6.45, 7) is 0. The number of carboxylic acid groups (broad SMARTS) is 1. The summed E-state index contributed by atoms with van der Waals surface area (Å²) in [6.07, 6.45) is -5.12. The normalized spacial score (nSPS) is 11.2. The van der Waals surface area contributed by atoms with E-state index in [1.807, 2.05) is 0 Å². The average molecular weight is 236 g/mol. The smallest absolute Gasteiger partial charge is 0.454 e. The van der Waals surface area contributed by atoms with Gasteiger partial charge in [-0.1, -0.05) is 0 Å². The number of rotatable bonds is 2. The van der Waals surface area contributed by atoms with Crippen molar-refractivity contribution in [2.75, 3.05) is 0 Å². The van der Waals surface area contributed by atoms with Crippen LogP contribution in [0.4, 0.5) is 17.6 Å². The summed E-state index contributed by atoms with van der Waals surface area (Å²) in [7, 11) is 0. The first-order valence-corrected chi connectivity index (χ1v) is 3.88. The fourth-order valence-corrected chi connectivity index (χ4v) is 0.994. The van der Waals surface area contributed by atoms with Gasteiger partial charge in [-0.05, 0) is 18.2 Å². The van der Waals surface area contributed by atoms with Crippen molar-refractivity contribution in [2.24, 2.45) is 0 Å². The van der Waals surface area contributed by atoms with Gasteiger partial charge in [-0.25, -0.2) is 9.18 Å². The highest BCUT2D eigenvalue weighted by atomic mass is 19.4. The molecule has 0 bridgehead atoms. The Morgan fingerprint density at radius 3 is 2.19 bits per heavy atom. The molecule has 0 radical (unpaired) electrons. The minimum atomic E-state index is -5.12. The Morgan fingerprint density at radius 1 is 1.19 bits per heavy atom. The topological polar surface area (TPSA) is 54.4 Å². The fourth-order valence-electron chi connectivity index (χ4n) is 0.994. The molecule has 0 aliphatic heterocycles. The van der Waals surface area contributed by atoms with Crippen LogP contribution >= 0.6 is 0 Å². The maximum Gasteiger partial charge on any atom is 0.454 e. The van der Waals surface area contributed by atoms with Gasteiger partial charge in [-0.15, -0.1) is 0 Å². The van der Waals surface area contributed by atoms with Crippen LogP contribution in [0.25, 0.3) is 0 Å². The molecular formula is C9H4F4O3. The number of Topliss-reactive ketones (excluding diaryl/α,β-unsaturated/α-hetero) is 1. The molecule has 0 saturated carbocycles. The van der Waals surface area contributed by atoms with Gasteiger partial charge in [0.2, 0.25) is 0 Å². The number of carboxylic acids is 1. The zero-order valence-electron chi connectivity index (χ0n) is 7.51. The number of benzene rings is 1. The lowest BCUT2D eigenvalue weighted by Gasteiger charge is -2.06. The van der Waals surface area contributed by atoms with Gasteiger partial charge in [0.15, 0.2) is 0 Å². The number of alkyl halides is 3. The lowest BCUT2D eigenvalue weighted by atomic mass is 10.1. The van der Waals surface area contributed by atoms with Crippen molar-refractivity contribution in [3.63, 3.8) is 0 Å². The molecule has 0 heterocycles. The van der Waals surface area contributed by atoms with Gasteiger partial charge in [-0.2, -0.15) is 13.2 Å². The van der Waals surface area contributed by atoms with E-state index in [1.54, 1.807) is 0 Å². The van der Waals surface area contributed by atoms with Crippen LogP contribution in [0, 0.1) is 5.82 Å². The molecule has 3 nitrogen and oxygen atoms in total. The minimum absolute atomic E-state index is 0.355. The van der Waals surface area contributed by atoms with Crippen LogP contribution < -0.4 is 0 Å². The Kier molecular flexibility index (Phi) is 2.97. The first kappa shape index (κ1) is 12.2. The number of halogens is 4. The van der Waals surface area contributed by atoms with Crippen molar-refractivity contribution in [2.45, 2.75) is 6.18 Å². The molecule has 0 saturated heterocycles. The third-order valence-electron chi connectivity index (χ3n) is 1.72. The fraction of sp³-hybridized carbons (Fsp3) is 0.111. The lowest BCUT2D eigenvalue weighted by molar-refractivity contribution is -0.0885. The van der Waals surface area contributed by atoms with Crippen molar-refractivity contribution < 1.29 is 32.3 Å². The molecule has 0 atom stereocenters. The SMILES string of the molecule is O=C(O)c1cc(C(=O)C(F)(F)F)ccc1F. The Balaban J connectivity index is 3.24. The van der Waals surface area contributed by atoms with E-state index in [0.717, 1.165) is 0 Å². The minimum Gasteiger partial charge on any atom is -0.478 e. The monoisotopic (exact) mass is 236 g/mol. The molecule has 7 heteroatoms. The van der Waals surface area contributed by atoms with E-state index >= 15 is 0 Å². The van der Waals surface area contributed by atoms with E-state index < -0.39 is 34.9 Å². The highest BCUT2D eigenvalue weighted by Crippen LogP contribution is 2.22. The lowest BCUT2D eigenvalue weighted by Crippen LogP contribution is -2.23. The van der Waals surface area contributed by atoms with E-state index in [9.17, 15) is 27.2 Å². The summed E-state index contributed by atoms with van der Waals surface area (Å²) >= 11 is 0. The van der Waals surface area contributed by atoms with E-state index in [2.05, 4.69) is 0 Å². The maximum atomic E-state index is 12.8. The second kappa shape index (κ2) is 3.92. The summed E-state index contributed by atoms with van der Waals surface area (Å²) in [5.41, 5.74) is -1.89. The highest BCUT2D eigenvalue weighted by Gasteiger charge is 2.39. The number of ketones is 1. The Hall–Kier alpha value is -1.92. The number of hydrogen-bond donors (Lipinski definition) is 1. The summed E-state index contributed by atoms with van der Waals surface area (Å²) in [4.78, 5) is 21.1. The van der Waals surface area contributed by atoms with E-state index in [-0.39, 0.29) is 0 Å². The largest absolute Gasteiger partial charge is 0.478 e. The first-order chi connectivity index (χ1) is 7.23. The summed E-state index contributed by atoms with van der Waals surface area (Å²) in [5.74, 6) is -5.16. The number of carbonyl (C=O) groups excluding carboxylic acids is 1. The molecule has 1 aromatic carbocycles. The zero-order chi connectivity index (χ0) is 12.5. The number of carbonyl (C=O) groups is 2. The van der Waals surface area contributed by atoms with Crippen LogP contribution in [-0.2, 0) is 0 Å². The van der Waals surface area contributed by atoms with Crippen molar-refractivity contribution in [1.29, 1.82) is 0 Å². The Labute approximate surface area is 86.3 Å². The zero-order valence-corrected chi connectivity index (χ0v) is 7.51. The molecule has 0 aliphatic carbocycles. The molecule has 0 fully saturated rings. The van der Waals surface area contributed by atoms with Crippen molar-refractivity contribution in [3.8, 4) is 0 Å². The van der Waals surface area contributed by atoms with Gasteiger partial charge in [0.1, 0.15) is 5.82 Å². The van der Waals surface area contributed by atoms with Crippen LogP contribution in [0.1, 0.15) is 20.7 Å². The maximum absolute atomic E-state index is 12.8. The Bertz CT molecular complexity index is 451. The molecule has 0 spiro atoms. The van der Waals surface area contributed by atoms with Crippen LogP contribution in [0.2, 0.25) is 0 Å². The standard InChI is InChI=1S/C9H4F4O3/c10-6-2-1-4(3-5(6)8(15)16)7(14)9(11,12)13/h1-3H,(H,15,16). The second-order valence-electron chi connectivity index (χ2n) is 2.83. The van der Waals surface area contributed by atoms with Crippen molar-refractivity contribution in [1.82, 2.24) is 0 Å². The molecule has 0 amide bonds. The van der Waals surface area contributed by atoms with Gasteiger partial charge < -0.3 is 5.11 Å². The third kappa shape index (κ3) is 2.36. The number of aromatic carboxylic acids is 1. The molecule has 16 heavy (non-hydrogen) atoms. The molecule has 0 aliphatic rings. The van der Waals surface area contributed by atoms with Crippen molar-refractivity contribution >= 4 is 11.8 Å². The molecular weight excluding hydrogens is 232 g/mol. The molecule has 1 N–H and O–H groups in total. The first-order valence-electron chi connectivity index (χ1n) is 3.88. The highest BCUT2D eigenvalue weighted by molar-refractivity contribution is 6.02. The Morgan fingerprint density at radius 2 is 1.75 bits per heavy atom. The van der Waals surface area contributed by atoms with E-state index in [0.29, 0.717) is 18.2 Å². The molecule has 1 rings (SSSR count). The van der Waals surface area contributed by atoms with Gasteiger partial charge >= 0.3 is 12.1 Å². The van der Waals surface area contributed by atoms with Gasteiger partial charge in [-0.3, -0.25) is 4.79 Å². The quantitative estimate of drug-likeness (QED) is 0.633. The second-order valence-corrected chi connectivity index (χ2v) is 2.83. The molecule has 86 valence electrons. The summed E-state index contributed by atoms with van der Waals surface area (Å²) < 4.78 is 48.7. The average Bonchev–Trinajstić information content (AvgIpc) is 2.15. The van der Waals surface area contributed by atoms with Crippen LogP contribution in [0.15, 0.2) is 18.2 Å². The van der Waals surface area contributed by atoms with Gasteiger partial charge in [0.25, 0.3) is 5.78 Å². The van der Waals surface area contributed by atoms with Gasteiger partial charge in [0, 0.05) is 5.56 Å². The van der Waals surface area contributed by atoms with Crippen LogP contribution in [0.5, 0.6) is 0 Å².